The molecule has 1 saturated heterocycles. The molecule has 2 unspecified atom stereocenters. The number of hydrogen-bond donors (Lipinski definition) is 0. The second kappa shape index (κ2) is 4.11. The van der Waals surface area contributed by atoms with Gasteiger partial charge in [0.15, 0.2) is 0 Å². The predicted octanol–water partition coefficient (Wildman–Crippen LogP) is 2.16. The molecule has 2 rings (SSSR count). The van der Waals surface area contributed by atoms with Crippen LogP contribution in [0.1, 0.15) is 38.5 Å². The Kier molecular flexibility index (Phi) is 2.85. The Hall–Kier alpha value is -0.550. The molecule has 1 aliphatic heterocycles. The average molecular weight is 178 g/mol. The van der Waals surface area contributed by atoms with Gasteiger partial charge < -0.3 is 0 Å². The van der Waals surface area contributed by atoms with Crippen LogP contribution in [0.4, 0.5) is 0 Å². The quantitative estimate of drug-likeness (QED) is 0.648. The number of rotatable bonds is 2. The lowest BCUT2D eigenvalue weighted by Gasteiger charge is -2.37. The van der Waals surface area contributed by atoms with Crippen molar-refractivity contribution in [3.8, 4) is 6.07 Å². The van der Waals surface area contributed by atoms with Gasteiger partial charge in [-0.25, -0.2) is 0 Å². The first-order valence-electron chi connectivity index (χ1n) is 5.53. The van der Waals surface area contributed by atoms with Gasteiger partial charge in [-0.3, -0.25) is 4.90 Å². The van der Waals surface area contributed by atoms with E-state index in [1.54, 1.807) is 0 Å². The lowest BCUT2D eigenvalue weighted by Crippen LogP contribution is -2.42. The summed E-state index contributed by atoms with van der Waals surface area (Å²) >= 11 is 0. The molecule has 0 spiro atoms. The molecule has 2 atom stereocenters. The average Bonchev–Trinajstić information content (AvgIpc) is 2.62. The van der Waals surface area contributed by atoms with Gasteiger partial charge in [-0.15, -0.1) is 0 Å². The third-order valence-electron chi connectivity index (χ3n) is 3.62. The van der Waals surface area contributed by atoms with Crippen molar-refractivity contribution in [3.05, 3.63) is 0 Å². The van der Waals surface area contributed by atoms with Gasteiger partial charge in [-0.2, -0.15) is 5.26 Å². The van der Waals surface area contributed by atoms with Crippen LogP contribution in [0.3, 0.4) is 0 Å². The zero-order valence-electron chi connectivity index (χ0n) is 8.21. The highest BCUT2D eigenvalue weighted by atomic mass is 15.2. The van der Waals surface area contributed by atoms with Crippen LogP contribution in [0.2, 0.25) is 0 Å². The van der Waals surface area contributed by atoms with Gasteiger partial charge in [0, 0.05) is 19.0 Å². The van der Waals surface area contributed by atoms with Crippen LogP contribution in [0.5, 0.6) is 0 Å². The van der Waals surface area contributed by atoms with Gasteiger partial charge in [-0.05, 0) is 38.1 Å². The van der Waals surface area contributed by atoms with Gasteiger partial charge in [0.05, 0.1) is 6.07 Å². The molecule has 0 bridgehead atoms. The maximum absolute atomic E-state index is 8.56. The third-order valence-corrected chi connectivity index (χ3v) is 3.62. The van der Waals surface area contributed by atoms with E-state index in [0.29, 0.717) is 6.42 Å². The molecule has 0 aromatic rings. The van der Waals surface area contributed by atoms with Crippen LogP contribution < -0.4 is 0 Å². The number of nitriles is 1. The Balaban J connectivity index is 1.90. The number of hydrogen-bond acceptors (Lipinski definition) is 2. The van der Waals surface area contributed by atoms with E-state index in [0.717, 1.165) is 18.5 Å². The van der Waals surface area contributed by atoms with Crippen molar-refractivity contribution in [2.24, 2.45) is 5.92 Å². The highest BCUT2D eigenvalue weighted by Crippen LogP contribution is 2.36. The molecule has 13 heavy (non-hydrogen) atoms. The number of fused-ring (bicyclic) bond motifs is 1. The summed E-state index contributed by atoms with van der Waals surface area (Å²) in [4.78, 5) is 2.56. The molecule has 72 valence electrons. The molecule has 2 nitrogen and oxygen atoms in total. The molecular formula is C11H18N2. The summed E-state index contributed by atoms with van der Waals surface area (Å²) in [6.07, 6.45) is 7.74. The first kappa shape index (κ1) is 9.02. The van der Waals surface area contributed by atoms with Crippen LogP contribution in [0.15, 0.2) is 0 Å². The van der Waals surface area contributed by atoms with E-state index >= 15 is 0 Å². The van der Waals surface area contributed by atoms with Gasteiger partial charge in [-0.1, -0.05) is 6.42 Å². The van der Waals surface area contributed by atoms with Crippen molar-refractivity contribution >= 4 is 0 Å². The molecule has 1 saturated carbocycles. The summed E-state index contributed by atoms with van der Waals surface area (Å²) in [7, 11) is 0. The fourth-order valence-corrected chi connectivity index (χ4v) is 3.03. The normalized spacial score (nSPS) is 34.1. The maximum Gasteiger partial charge on any atom is 0.0635 e. The van der Waals surface area contributed by atoms with Gasteiger partial charge in [0.2, 0.25) is 0 Å². The Morgan fingerprint density at radius 3 is 2.92 bits per heavy atom. The van der Waals surface area contributed by atoms with Crippen molar-refractivity contribution in [2.45, 2.75) is 44.6 Å². The van der Waals surface area contributed by atoms with Crippen molar-refractivity contribution in [3.63, 3.8) is 0 Å². The van der Waals surface area contributed by atoms with Crippen LogP contribution >= 0.6 is 0 Å². The first-order chi connectivity index (χ1) is 6.42. The zero-order chi connectivity index (χ0) is 9.10. The molecule has 2 heteroatoms. The molecule has 2 aliphatic rings. The lowest BCUT2D eigenvalue weighted by molar-refractivity contribution is 0.116. The van der Waals surface area contributed by atoms with Crippen molar-refractivity contribution in [1.29, 1.82) is 5.26 Å². The Labute approximate surface area is 80.5 Å². The van der Waals surface area contributed by atoms with E-state index in [1.165, 1.54) is 38.6 Å². The highest BCUT2D eigenvalue weighted by Gasteiger charge is 2.34. The van der Waals surface area contributed by atoms with Gasteiger partial charge in [0.25, 0.3) is 0 Å². The molecule has 0 N–H and O–H groups in total. The summed E-state index contributed by atoms with van der Waals surface area (Å²) in [5, 5.41) is 8.56. The van der Waals surface area contributed by atoms with Crippen LogP contribution in [-0.4, -0.2) is 24.0 Å². The minimum atomic E-state index is 0.712. The Morgan fingerprint density at radius 1 is 1.23 bits per heavy atom. The molecular weight excluding hydrogens is 160 g/mol. The molecule has 2 fully saturated rings. The number of nitrogens with zero attached hydrogens (tertiary/aromatic N) is 2. The highest BCUT2D eigenvalue weighted by molar-refractivity contribution is 4.90. The lowest BCUT2D eigenvalue weighted by atomic mass is 9.92. The minimum Gasteiger partial charge on any atom is -0.299 e. The molecule has 1 heterocycles. The number of piperidine rings is 1. The van der Waals surface area contributed by atoms with E-state index in [-0.39, 0.29) is 0 Å². The monoisotopic (exact) mass is 178 g/mol. The Bertz CT molecular complexity index is 207. The minimum absolute atomic E-state index is 0.712. The smallest absolute Gasteiger partial charge is 0.0635 e. The van der Waals surface area contributed by atoms with Crippen molar-refractivity contribution in [1.82, 2.24) is 4.90 Å². The third kappa shape index (κ3) is 1.86. The fourth-order valence-electron chi connectivity index (χ4n) is 3.03. The van der Waals surface area contributed by atoms with Gasteiger partial charge >= 0.3 is 0 Å². The molecule has 0 radical (unpaired) electrons. The van der Waals surface area contributed by atoms with E-state index in [2.05, 4.69) is 11.0 Å². The molecule has 0 amide bonds. The second-order valence-electron chi connectivity index (χ2n) is 4.34. The summed E-state index contributed by atoms with van der Waals surface area (Å²) in [6, 6.07) is 3.09. The van der Waals surface area contributed by atoms with E-state index in [1.807, 2.05) is 0 Å². The second-order valence-corrected chi connectivity index (χ2v) is 4.34. The predicted molar refractivity (Wildman–Crippen MR) is 52.2 cm³/mol. The van der Waals surface area contributed by atoms with Crippen molar-refractivity contribution in [2.75, 3.05) is 13.1 Å². The zero-order valence-corrected chi connectivity index (χ0v) is 8.21. The summed E-state index contributed by atoms with van der Waals surface area (Å²) < 4.78 is 0. The van der Waals surface area contributed by atoms with Crippen molar-refractivity contribution < 1.29 is 0 Å². The van der Waals surface area contributed by atoms with Gasteiger partial charge in [0.1, 0.15) is 0 Å². The summed E-state index contributed by atoms with van der Waals surface area (Å²) in [5.74, 6) is 0.965. The number of likely N-dealkylation sites (tertiary alicyclic amines) is 1. The van der Waals surface area contributed by atoms with E-state index in [9.17, 15) is 0 Å². The molecule has 1 aliphatic carbocycles. The molecule has 0 aromatic heterocycles. The van der Waals surface area contributed by atoms with E-state index < -0.39 is 0 Å². The first-order valence-corrected chi connectivity index (χ1v) is 5.53. The largest absolute Gasteiger partial charge is 0.299 e. The van der Waals surface area contributed by atoms with Crippen LogP contribution in [-0.2, 0) is 0 Å². The summed E-state index contributed by atoms with van der Waals surface area (Å²) in [6.45, 7) is 2.25. The van der Waals surface area contributed by atoms with Crippen LogP contribution in [0, 0.1) is 17.2 Å². The maximum atomic E-state index is 8.56. The fraction of sp³-hybridized carbons (Fsp3) is 0.909. The summed E-state index contributed by atoms with van der Waals surface area (Å²) in [5.41, 5.74) is 0. The molecule has 0 aromatic carbocycles. The van der Waals surface area contributed by atoms with E-state index in [4.69, 9.17) is 5.26 Å². The Morgan fingerprint density at radius 2 is 2.08 bits per heavy atom. The topological polar surface area (TPSA) is 27.0 Å². The SMILES string of the molecule is N#CCCN1CCCC2CCCC21. The standard InChI is InChI=1S/C11H18N2/c12-7-3-9-13-8-2-5-10-4-1-6-11(10)13/h10-11H,1-6,8-9H2. The van der Waals surface area contributed by atoms with Crippen LogP contribution in [0.25, 0.3) is 0 Å².